The second-order valence-corrected chi connectivity index (χ2v) is 6.87. The lowest BCUT2D eigenvalue weighted by atomic mass is 10.0. The highest BCUT2D eigenvalue weighted by Gasteiger charge is 2.20. The van der Waals surface area contributed by atoms with Gasteiger partial charge < -0.3 is 4.74 Å². The number of carbonyl (C=O) groups excluding carboxylic acids is 2. The molecule has 0 amide bonds. The van der Waals surface area contributed by atoms with E-state index < -0.39 is 5.97 Å². The van der Waals surface area contributed by atoms with Gasteiger partial charge in [-0.3, -0.25) is 9.36 Å². The number of para-hydroxylation sites is 1. The van der Waals surface area contributed by atoms with Gasteiger partial charge in [-0.2, -0.15) is 0 Å². The highest BCUT2D eigenvalue weighted by molar-refractivity contribution is 7.98. The lowest BCUT2D eigenvalue weighted by Crippen LogP contribution is -2.17. The van der Waals surface area contributed by atoms with Crippen LogP contribution in [0, 0.1) is 13.8 Å². The van der Waals surface area contributed by atoms with E-state index in [2.05, 4.69) is 4.98 Å². The maximum absolute atomic E-state index is 12.6. The summed E-state index contributed by atoms with van der Waals surface area (Å²) in [5, 5.41) is 0.675. The molecule has 0 radical (unpaired) electrons. The molecule has 3 rings (SSSR count). The summed E-state index contributed by atoms with van der Waals surface area (Å²) in [6.45, 7) is 3.62. The van der Waals surface area contributed by atoms with Crippen LogP contribution in [-0.2, 0) is 4.74 Å². The number of aryl methyl sites for hydroxylation is 2. The Morgan fingerprint density at radius 3 is 2.48 bits per heavy atom. The predicted molar refractivity (Wildman–Crippen MR) is 106 cm³/mol. The molecule has 0 fully saturated rings. The van der Waals surface area contributed by atoms with E-state index in [1.807, 2.05) is 62.6 Å². The molecular formula is C21H20N2O3S. The fourth-order valence-electron chi connectivity index (χ4n) is 2.65. The third-order valence-electron chi connectivity index (χ3n) is 4.30. The zero-order chi connectivity index (χ0) is 19.4. The van der Waals surface area contributed by atoms with Gasteiger partial charge >= 0.3 is 5.97 Å². The van der Waals surface area contributed by atoms with Gasteiger partial charge in [-0.15, -0.1) is 0 Å². The van der Waals surface area contributed by atoms with Crippen molar-refractivity contribution in [3.63, 3.8) is 0 Å². The van der Waals surface area contributed by atoms with Crippen molar-refractivity contribution in [2.75, 3.05) is 12.9 Å². The zero-order valence-electron chi connectivity index (χ0n) is 15.4. The van der Waals surface area contributed by atoms with Gasteiger partial charge in [0.05, 0.1) is 6.20 Å². The number of hydrogen-bond donors (Lipinski definition) is 0. The summed E-state index contributed by atoms with van der Waals surface area (Å²) in [4.78, 5) is 29.2. The molecule has 27 heavy (non-hydrogen) atoms. The van der Waals surface area contributed by atoms with Crippen LogP contribution in [0.3, 0.4) is 0 Å². The Morgan fingerprint density at radius 2 is 1.81 bits per heavy atom. The molecule has 1 heterocycles. The van der Waals surface area contributed by atoms with Crippen molar-refractivity contribution in [3.8, 4) is 5.69 Å². The Kier molecular flexibility index (Phi) is 5.76. The molecule has 3 aromatic rings. The number of esters is 1. The molecule has 0 aliphatic heterocycles. The Labute approximate surface area is 162 Å². The summed E-state index contributed by atoms with van der Waals surface area (Å²) in [5.74, 6) is -0.814. The first-order chi connectivity index (χ1) is 13.0. The number of ketones is 1. The molecule has 0 unspecified atom stereocenters. The lowest BCUT2D eigenvalue weighted by molar-refractivity contribution is 0.0466. The number of Topliss-reactive ketones (excluding diaryl/α,β-unsaturated/α-hetero) is 1. The van der Waals surface area contributed by atoms with E-state index in [9.17, 15) is 9.59 Å². The molecule has 0 aliphatic carbocycles. The van der Waals surface area contributed by atoms with E-state index >= 15 is 0 Å². The third kappa shape index (κ3) is 4.11. The Hall–Kier alpha value is -2.86. The van der Waals surface area contributed by atoms with Crippen molar-refractivity contribution >= 4 is 23.5 Å². The van der Waals surface area contributed by atoms with Crippen LogP contribution in [0.1, 0.15) is 32.0 Å². The van der Waals surface area contributed by atoms with Gasteiger partial charge in [0.15, 0.2) is 23.2 Å². The number of benzene rings is 2. The second kappa shape index (κ2) is 8.22. The van der Waals surface area contributed by atoms with Crippen molar-refractivity contribution in [3.05, 3.63) is 77.1 Å². The first kappa shape index (κ1) is 18.9. The first-order valence-electron chi connectivity index (χ1n) is 8.46. The average Bonchev–Trinajstić information content (AvgIpc) is 3.13. The van der Waals surface area contributed by atoms with Crippen molar-refractivity contribution < 1.29 is 14.3 Å². The molecule has 0 N–H and O–H groups in total. The monoisotopic (exact) mass is 380 g/mol. The molecular weight excluding hydrogens is 360 g/mol. The highest BCUT2D eigenvalue weighted by Crippen LogP contribution is 2.22. The van der Waals surface area contributed by atoms with Crippen molar-refractivity contribution in [1.29, 1.82) is 0 Å². The van der Waals surface area contributed by atoms with Gasteiger partial charge in [0.1, 0.15) is 0 Å². The van der Waals surface area contributed by atoms with Gasteiger partial charge in [0.2, 0.25) is 0 Å². The number of rotatable bonds is 6. The minimum absolute atomic E-state index is 0.234. The van der Waals surface area contributed by atoms with Gasteiger partial charge in [-0.1, -0.05) is 42.1 Å². The fraction of sp³-hybridized carbons (Fsp3) is 0.190. The first-order valence-corrected chi connectivity index (χ1v) is 9.68. The summed E-state index contributed by atoms with van der Waals surface area (Å²) in [7, 11) is 0. The number of aromatic nitrogens is 2. The summed E-state index contributed by atoms with van der Waals surface area (Å²) >= 11 is 1.43. The van der Waals surface area contributed by atoms with Crippen LogP contribution in [0.15, 0.2) is 59.9 Å². The van der Waals surface area contributed by atoms with Crippen molar-refractivity contribution in [2.24, 2.45) is 0 Å². The van der Waals surface area contributed by atoms with Crippen LogP contribution in [-0.4, -0.2) is 34.2 Å². The average molecular weight is 380 g/mol. The number of carbonyl (C=O) groups is 2. The molecule has 0 saturated carbocycles. The summed E-state index contributed by atoms with van der Waals surface area (Å²) in [5.41, 5.74) is 3.77. The summed E-state index contributed by atoms with van der Waals surface area (Å²) < 4.78 is 7.01. The minimum atomic E-state index is -0.580. The van der Waals surface area contributed by atoms with E-state index in [0.717, 1.165) is 16.8 Å². The Balaban J connectivity index is 1.78. The van der Waals surface area contributed by atoms with E-state index in [4.69, 9.17) is 4.74 Å². The quantitative estimate of drug-likeness (QED) is 0.363. The topological polar surface area (TPSA) is 61.2 Å². The van der Waals surface area contributed by atoms with Crippen molar-refractivity contribution in [1.82, 2.24) is 9.55 Å². The van der Waals surface area contributed by atoms with E-state index in [1.54, 1.807) is 10.6 Å². The smallest absolute Gasteiger partial charge is 0.357 e. The largest absolute Gasteiger partial charge is 0.453 e. The van der Waals surface area contributed by atoms with Crippen LogP contribution in [0.2, 0.25) is 0 Å². The van der Waals surface area contributed by atoms with Crippen LogP contribution < -0.4 is 0 Å². The molecule has 0 bridgehead atoms. The van der Waals surface area contributed by atoms with Gasteiger partial charge in [0.25, 0.3) is 0 Å². The van der Waals surface area contributed by atoms with Crippen molar-refractivity contribution in [2.45, 2.75) is 19.0 Å². The Bertz CT molecular complexity index is 980. The minimum Gasteiger partial charge on any atom is -0.453 e. The second-order valence-electron chi connectivity index (χ2n) is 6.10. The number of ether oxygens (including phenoxy) is 1. The van der Waals surface area contributed by atoms with Crippen LogP contribution in [0.25, 0.3) is 5.69 Å². The standard InChI is InChI=1S/C21H20N2O3S/c1-14-9-10-16(11-15(14)2)19(24)13-26-20(25)18-12-22-21(27-3)23(18)17-7-5-4-6-8-17/h4-12H,13H2,1-3H3. The Morgan fingerprint density at radius 1 is 1.07 bits per heavy atom. The maximum atomic E-state index is 12.6. The predicted octanol–water partition coefficient (Wildman–Crippen LogP) is 4.25. The number of thioether (sulfide) groups is 1. The molecule has 0 saturated heterocycles. The molecule has 5 nitrogen and oxygen atoms in total. The fourth-order valence-corrected chi connectivity index (χ4v) is 3.20. The molecule has 1 aromatic heterocycles. The normalized spacial score (nSPS) is 10.6. The van der Waals surface area contributed by atoms with Gasteiger partial charge in [0, 0.05) is 11.3 Å². The number of nitrogens with zero attached hydrogens (tertiary/aromatic N) is 2. The van der Waals surface area contributed by atoms with Gasteiger partial charge in [-0.25, -0.2) is 9.78 Å². The molecule has 0 atom stereocenters. The van der Waals surface area contributed by atoms with Crippen LogP contribution >= 0.6 is 11.8 Å². The molecule has 0 spiro atoms. The van der Waals surface area contributed by atoms with Gasteiger partial charge in [-0.05, 0) is 49.4 Å². The molecule has 6 heteroatoms. The van der Waals surface area contributed by atoms with E-state index in [1.165, 1.54) is 18.0 Å². The third-order valence-corrected chi connectivity index (χ3v) is 4.95. The van der Waals surface area contributed by atoms with E-state index in [-0.39, 0.29) is 12.4 Å². The zero-order valence-corrected chi connectivity index (χ0v) is 16.2. The van der Waals surface area contributed by atoms with Crippen LogP contribution in [0.4, 0.5) is 0 Å². The highest BCUT2D eigenvalue weighted by atomic mass is 32.2. The molecule has 0 aliphatic rings. The molecule has 2 aromatic carbocycles. The van der Waals surface area contributed by atoms with Crippen LogP contribution in [0.5, 0.6) is 0 Å². The SMILES string of the molecule is CSc1ncc(C(=O)OCC(=O)c2ccc(C)c(C)c2)n1-c1ccccc1. The van der Waals surface area contributed by atoms with E-state index in [0.29, 0.717) is 16.4 Å². The molecule has 138 valence electrons. The summed E-state index contributed by atoms with van der Waals surface area (Å²) in [6, 6.07) is 14.9. The lowest BCUT2D eigenvalue weighted by Gasteiger charge is -2.11. The summed E-state index contributed by atoms with van der Waals surface area (Å²) in [6.07, 6.45) is 3.36. The number of imidazole rings is 1. The number of hydrogen-bond acceptors (Lipinski definition) is 5. The maximum Gasteiger partial charge on any atom is 0.357 e.